The zero-order valence-corrected chi connectivity index (χ0v) is 11.6. The standard InChI is InChI=1S/C16H20N2O2/c1-2-10-17-15(19)12-18-16(14-9-6-11-20-14)13-7-4-3-5-8-13/h3-9,11,16,18H,2,10,12H2,1H3,(H,17,19). The van der Waals surface area contributed by atoms with Crippen molar-refractivity contribution in [1.82, 2.24) is 10.6 Å². The summed E-state index contributed by atoms with van der Waals surface area (Å²) in [5, 5.41) is 6.09. The van der Waals surface area contributed by atoms with Crippen LogP contribution in [0.4, 0.5) is 0 Å². The Balaban J connectivity index is 2.03. The van der Waals surface area contributed by atoms with Gasteiger partial charge < -0.3 is 9.73 Å². The third-order valence-electron chi connectivity index (χ3n) is 3.00. The van der Waals surface area contributed by atoms with Gasteiger partial charge in [-0.15, -0.1) is 0 Å². The van der Waals surface area contributed by atoms with E-state index in [9.17, 15) is 4.79 Å². The van der Waals surface area contributed by atoms with Gasteiger partial charge in [-0.25, -0.2) is 0 Å². The van der Waals surface area contributed by atoms with Crippen LogP contribution in [0.15, 0.2) is 53.1 Å². The number of carbonyl (C=O) groups excluding carboxylic acids is 1. The minimum Gasteiger partial charge on any atom is -0.467 e. The molecular formula is C16H20N2O2. The van der Waals surface area contributed by atoms with Gasteiger partial charge in [0.25, 0.3) is 0 Å². The highest BCUT2D eigenvalue weighted by molar-refractivity contribution is 5.78. The van der Waals surface area contributed by atoms with Crippen LogP contribution in [0.5, 0.6) is 0 Å². The van der Waals surface area contributed by atoms with Crippen LogP contribution in [-0.4, -0.2) is 19.0 Å². The maximum Gasteiger partial charge on any atom is 0.233 e. The van der Waals surface area contributed by atoms with Crippen molar-refractivity contribution in [3.05, 3.63) is 60.1 Å². The Kier molecular flexibility index (Phi) is 5.38. The summed E-state index contributed by atoms with van der Waals surface area (Å²) in [7, 11) is 0. The molecule has 0 radical (unpaired) electrons. The molecule has 0 aliphatic heterocycles. The van der Waals surface area contributed by atoms with Gasteiger partial charge in [-0.3, -0.25) is 10.1 Å². The topological polar surface area (TPSA) is 54.3 Å². The normalized spacial score (nSPS) is 12.1. The highest BCUT2D eigenvalue weighted by Gasteiger charge is 2.17. The van der Waals surface area contributed by atoms with Gasteiger partial charge in [-0.05, 0) is 24.1 Å². The van der Waals surface area contributed by atoms with Gasteiger partial charge in [0.05, 0.1) is 18.8 Å². The zero-order chi connectivity index (χ0) is 14.2. The summed E-state index contributed by atoms with van der Waals surface area (Å²) in [5.74, 6) is 0.804. The minimum atomic E-state index is -0.112. The number of furan rings is 1. The summed E-state index contributed by atoms with van der Waals surface area (Å²) in [4.78, 5) is 11.7. The second kappa shape index (κ2) is 7.50. The van der Waals surface area contributed by atoms with Crippen molar-refractivity contribution in [1.29, 1.82) is 0 Å². The molecule has 1 unspecified atom stereocenters. The van der Waals surface area contributed by atoms with E-state index in [-0.39, 0.29) is 18.5 Å². The molecule has 0 saturated carbocycles. The first-order valence-corrected chi connectivity index (χ1v) is 6.89. The van der Waals surface area contributed by atoms with E-state index in [0.717, 1.165) is 17.7 Å². The Morgan fingerprint density at radius 2 is 2.00 bits per heavy atom. The fraction of sp³-hybridized carbons (Fsp3) is 0.312. The predicted octanol–water partition coefficient (Wildman–Crippen LogP) is 2.48. The van der Waals surface area contributed by atoms with Crippen molar-refractivity contribution >= 4 is 5.91 Å². The first-order chi connectivity index (χ1) is 9.81. The summed E-state index contributed by atoms with van der Waals surface area (Å²) >= 11 is 0. The Labute approximate surface area is 119 Å². The van der Waals surface area contributed by atoms with Gasteiger partial charge in [0.1, 0.15) is 5.76 Å². The van der Waals surface area contributed by atoms with E-state index in [0.29, 0.717) is 6.54 Å². The van der Waals surface area contributed by atoms with E-state index in [1.54, 1.807) is 6.26 Å². The van der Waals surface area contributed by atoms with Crippen molar-refractivity contribution in [2.75, 3.05) is 13.1 Å². The first kappa shape index (κ1) is 14.3. The molecule has 1 heterocycles. The molecule has 1 aromatic heterocycles. The quantitative estimate of drug-likeness (QED) is 0.814. The fourth-order valence-corrected chi connectivity index (χ4v) is 2.01. The van der Waals surface area contributed by atoms with Crippen molar-refractivity contribution in [2.45, 2.75) is 19.4 Å². The molecule has 4 nitrogen and oxygen atoms in total. The summed E-state index contributed by atoms with van der Waals surface area (Å²) in [6.45, 7) is 3.00. The lowest BCUT2D eigenvalue weighted by atomic mass is 10.0. The Hall–Kier alpha value is -2.07. The average Bonchev–Trinajstić information content (AvgIpc) is 3.00. The second-order valence-corrected chi connectivity index (χ2v) is 4.59. The maximum absolute atomic E-state index is 11.7. The summed E-state index contributed by atoms with van der Waals surface area (Å²) in [6.07, 6.45) is 2.58. The predicted molar refractivity (Wildman–Crippen MR) is 78.3 cm³/mol. The number of amides is 1. The number of nitrogens with one attached hydrogen (secondary N) is 2. The molecule has 1 aromatic carbocycles. The smallest absolute Gasteiger partial charge is 0.233 e. The third-order valence-corrected chi connectivity index (χ3v) is 3.00. The maximum atomic E-state index is 11.7. The monoisotopic (exact) mass is 272 g/mol. The molecule has 4 heteroatoms. The van der Waals surface area contributed by atoms with Crippen molar-refractivity contribution in [3.63, 3.8) is 0 Å². The lowest BCUT2D eigenvalue weighted by molar-refractivity contribution is -0.120. The molecule has 0 fully saturated rings. The number of benzene rings is 1. The average molecular weight is 272 g/mol. The molecule has 106 valence electrons. The molecule has 0 spiro atoms. The molecule has 0 aliphatic carbocycles. The van der Waals surface area contributed by atoms with E-state index < -0.39 is 0 Å². The van der Waals surface area contributed by atoms with Crippen LogP contribution in [0, 0.1) is 0 Å². The molecule has 2 rings (SSSR count). The van der Waals surface area contributed by atoms with Crippen molar-refractivity contribution < 1.29 is 9.21 Å². The molecule has 1 amide bonds. The van der Waals surface area contributed by atoms with Gasteiger partial charge in [-0.2, -0.15) is 0 Å². The molecule has 1 atom stereocenters. The van der Waals surface area contributed by atoms with Gasteiger partial charge in [-0.1, -0.05) is 37.3 Å². The Morgan fingerprint density at radius 3 is 2.65 bits per heavy atom. The summed E-state index contributed by atoms with van der Waals surface area (Å²) in [6, 6.07) is 13.6. The third kappa shape index (κ3) is 3.96. The molecule has 0 aliphatic rings. The number of carbonyl (C=O) groups is 1. The molecule has 2 N–H and O–H groups in total. The van der Waals surface area contributed by atoms with Crippen LogP contribution in [0.25, 0.3) is 0 Å². The Bertz CT molecular complexity index is 509. The van der Waals surface area contributed by atoms with Gasteiger partial charge in [0.15, 0.2) is 0 Å². The second-order valence-electron chi connectivity index (χ2n) is 4.59. The molecule has 0 bridgehead atoms. The lowest BCUT2D eigenvalue weighted by Gasteiger charge is -2.17. The van der Waals surface area contributed by atoms with E-state index in [4.69, 9.17) is 4.42 Å². The van der Waals surface area contributed by atoms with E-state index in [1.165, 1.54) is 0 Å². The van der Waals surface area contributed by atoms with Crippen LogP contribution >= 0.6 is 0 Å². The van der Waals surface area contributed by atoms with Crippen molar-refractivity contribution in [3.8, 4) is 0 Å². The Morgan fingerprint density at radius 1 is 1.20 bits per heavy atom. The largest absolute Gasteiger partial charge is 0.467 e. The van der Waals surface area contributed by atoms with Crippen LogP contribution < -0.4 is 10.6 Å². The highest BCUT2D eigenvalue weighted by atomic mass is 16.3. The van der Waals surface area contributed by atoms with Crippen LogP contribution in [0.2, 0.25) is 0 Å². The molecule has 2 aromatic rings. The molecule has 0 saturated heterocycles. The lowest BCUT2D eigenvalue weighted by Crippen LogP contribution is -2.36. The number of hydrogen-bond acceptors (Lipinski definition) is 3. The number of rotatable bonds is 7. The summed E-state index contributed by atoms with van der Waals surface area (Å²) < 4.78 is 5.47. The number of hydrogen-bond donors (Lipinski definition) is 2. The van der Waals surface area contributed by atoms with Crippen LogP contribution in [-0.2, 0) is 4.79 Å². The van der Waals surface area contributed by atoms with Crippen LogP contribution in [0.1, 0.15) is 30.7 Å². The van der Waals surface area contributed by atoms with Gasteiger partial charge in [0.2, 0.25) is 5.91 Å². The van der Waals surface area contributed by atoms with E-state index in [2.05, 4.69) is 10.6 Å². The van der Waals surface area contributed by atoms with Gasteiger partial charge >= 0.3 is 0 Å². The molecular weight excluding hydrogens is 252 g/mol. The SMILES string of the molecule is CCCNC(=O)CNC(c1ccccc1)c1ccco1. The fourth-order valence-electron chi connectivity index (χ4n) is 2.01. The zero-order valence-electron chi connectivity index (χ0n) is 11.6. The highest BCUT2D eigenvalue weighted by Crippen LogP contribution is 2.21. The first-order valence-electron chi connectivity index (χ1n) is 6.89. The van der Waals surface area contributed by atoms with Crippen molar-refractivity contribution in [2.24, 2.45) is 0 Å². The molecule has 20 heavy (non-hydrogen) atoms. The van der Waals surface area contributed by atoms with Crippen LogP contribution in [0.3, 0.4) is 0 Å². The minimum absolute atomic E-state index is 0.000614. The van der Waals surface area contributed by atoms with E-state index >= 15 is 0 Å². The summed E-state index contributed by atoms with van der Waals surface area (Å²) in [5.41, 5.74) is 1.07. The van der Waals surface area contributed by atoms with E-state index in [1.807, 2.05) is 49.4 Å². The van der Waals surface area contributed by atoms with Gasteiger partial charge in [0, 0.05) is 6.54 Å².